The summed E-state index contributed by atoms with van der Waals surface area (Å²) in [5.41, 5.74) is 2.72. The zero-order valence-electron chi connectivity index (χ0n) is 12.1. The molecule has 4 aromatic rings. The number of hydrogen-bond donors (Lipinski definition) is 1. The Balaban J connectivity index is 1.96. The van der Waals surface area contributed by atoms with Crippen molar-refractivity contribution in [3.05, 3.63) is 73.3 Å². The average molecular weight is 509 g/mol. The number of ketones is 1. The minimum absolute atomic E-state index is 0.120. The van der Waals surface area contributed by atoms with Crippen molar-refractivity contribution in [3.8, 4) is 0 Å². The molecule has 1 N–H and O–H groups in total. The molecule has 3 nitrogen and oxygen atoms in total. The number of nitrogens with one attached hydrogen (secondary N) is 1. The van der Waals surface area contributed by atoms with Gasteiger partial charge in [0.15, 0.2) is 0 Å². The molecule has 0 radical (unpaired) electrons. The van der Waals surface area contributed by atoms with Crippen LogP contribution in [0.25, 0.3) is 21.8 Å². The molecule has 0 atom stereocenters. The van der Waals surface area contributed by atoms with Gasteiger partial charge in [-0.25, -0.2) is 0 Å². The number of aromatic amines is 1. The number of carbonyl (C=O) groups excluding carboxylic acids is 1. The van der Waals surface area contributed by atoms with Gasteiger partial charge in [0.1, 0.15) is 5.69 Å². The second-order valence-corrected chi connectivity index (χ2v) is 8.04. The van der Waals surface area contributed by atoms with Crippen molar-refractivity contribution in [1.29, 1.82) is 0 Å². The first kappa shape index (κ1) is 16.0. The highest BCUT2D eigenvalue weighted by Crippen LogP contribution is 2.31. The maximum absolute atomic E-state index is 13.0. The van der Waals surface area contributed by atoms with Gasteiger partial charge in [0.05, 0.1) is 5.52 Å². The van der Waals surface area contributed by atoms with Gasteiger partial charge >= 0.3 is 0 Å². The van der Waals surface area contributed by atoms with Crippen LogP contribution in [0.3, 0.4) is 0 Å². The fourth-order valence-corrected chi connectivity index (χ4v) is 4.36. The summed E-state index contributed by atoms with van der Waals surface area (Å²) in [6.45, 7) is 0. The fourth-order valence-electron chi connectivity index (χ4n) is 2.78. The summed E-state index contributed by atoms with van der Waals surface area (Å²) in [6.07, 6.45) is 1.68. The van der Waals surface area contributed by atoms with Crippen molar-refractivity contribution in [2.75, 3.05) is 0 Å². The van der Waals surface area contributed by atoms with E-state index in [1.165, 1.54) is 0 Å². The third kappa shape index (κ3) is 2.62. The third-order valence-electron chi connectivity index (χ3n) is 3.87. The van der Waals surface area contributed by atoms with Crippen molar-refractivity contribution in [1.82, 2.24) is 9.97 Å². The molecule has 0 aliphatic carbocycles. The van der Waals surface area contributed by atoms with Crippen LogP contribution in [-0.2, 0) is 0 Å². The fraction of sp³-hybridized carbons (Fsp3) is 0. The summed E-state index contributed by atoms with van der Waals surface area (Å²) < 4.78 is 2.63. The Bertz CT molecular complexity index is 1120. The maximum atomic E-state index is 13.0. The zero-order valence-corrected chi connectivity index (χ0v) is 16.9. The Kier molecular flexibility index (Phi) is 4.06. The van der Waals surface area contributed by atoms with Gasteiger partial charge in [-0.15, -0.1) is 0 Å². The highest BCUT2D eigenvalue weighted by atomic mass is 79.9. The highest BCUT2D eigenvalue weighted by molar-refractivity contribution is 9.11. The van der Waals surface area contributed by atoms with Crippen molar-refractivity contribution in [2.24, 2.45) is 0 Å². The molecule has 0 aliphatic rings. The van der Waals surface area contributed by atoms with Crippen LogP contribution in [0.2, 0.25) is 0 Å². The molecule has 24 heavy (non-hydrogen) atoms. The molecule has 0 unspecified atom stereocenters. The standard InChI is InChI=1S/C18H9Br3N2O/c19-9-2-4-13(14(21)7-9)18(24)17-16-12(5-6-22-17)11-3-1-10(20)8-15(11)23-16/h1-8,23H. The maximum Gasteiger partial charge on any atom is 0.214 e. The summed E-state index contributed by atoms with van der Waals surface area (Å²) in [5, 5.41) is 2.06. The number of benzene rings is 2. The second-order valence-electron chi connectivity index (χ2n) is 5.35. The van der Waals surface area contributed by atoms with Crippen LogP contribution in [0, 0.1) is 0 Å². The summed E-state index contributed by atoms with van der Waals surface area (Å²) in [6, 6.07) is 13.4. The van der Waals surface area contributed by atoms with Gasteiger partial charge in [-0.1, -0.05) is 37.9 Å². The second kappa shape index (κ2) is 6.10. The van der Waals surface area contributed by atoms with E-state index in [1.807, 2.05) is 36.4 Å². The average Bonchev–Trinajstić information content (AvgIpc) is 2.91. The van der Waals surface area contributed by atoms with Crippen LogP contribution in [-0.4, -0.2) is 15.8 Å². The van der Waals surface area contributed by atoms with E-state index < -0.39 is 0 Å². The molecule has 2 aromatic heterocycles. The molecule has 4 rings (SSSR count). The van der Waals surface area contributed by atoms with E-state index in [-0.39, 0.29) is 5.78 Å². The van der Waals surface area contributed by atoms with E-state index in [2.05, 4.69) is 57.8 Å². The van der Waals surface area contributed by atoms with Gasteiger partial charge in [0.2, 0.25) is 5.78 Å². The highest BCUT2D eigenvalue weighted by Gasteiger charge is 2.19. The van der Waals surface area contributed by atoms with E-state index in [4.69, 9.17) is 0 Å². The van der Waals surface area contributed by atoms with Gasteiger partial charge in [0.25, 0.3) is 0 Å². The Hall–Kier alpha value is -1.50. The summed E-state index contributed by atoms with van der Waals surface area (Å²) in [7, 11) is 0. The Labute approximate surface area is 162 Å². The van der Waals surface area contributed by atoms with Crippen LogP contribution in [0.1, 0.15) is 16.1 Å². The first-order chi connectivity index (χ1) is 11.5. The molecule has 0 aliphatic heterocycles. The van der Waals surface area contributed by atoms with E-state index in [0.29, 0.717) is 11.3 Å². The lowest BCUT2D eigenvalue weighted by Crippen LogP contribution is -2.05. The Morgan fingerprint density at radius 2 is 1.67 bits per heavy atom. The quantitative estimate of drug-likeness (QED) is 0.326. The lowest BCUT2D eigenvalue weighted by Gasteiger charge is -2.05. The lowest BCUT2D eigenvalue weighted by molar-refractivity contribution is 0.103. The van der Waals surface area contributed by atoms with Crippen molar-refractivity contribution in [2.45, 2.75) is 0 Å². The SMILES string of the molecule is O=C(c1ccc(Br)cc1Br)c1nccc2c1[nH]c1cc(Br)ccc12. The predicted molar refractivity (Wildman–Crippen MR) is 107 cm³/mol. The Morgan fingerprint density at radius 1 is 0.917 bits per heavy atom. The monoisotopic (exact) mass is 506 g/mol. The van der Waals surface area contributed by atoms with Gasteiger partial charge in [-0.05, 0) is 52.3 Å². The number of hydrogen-bond acceptors (Lipinski definition) is 2. The van der Waals surface area contributed by atoms with Gasteiger partial charge in [-0.2, -0.15) is 0 Å². The van der Waals surface area contributed by atoms with E-state index >= 15 is 0 Å². The van der Waals surface area contributed by atoms with E-state index in [9.17, 15) is 4.79 Å². The van der Waals surface area contributed by atoms with E-state index in [1.54, 1.807) is 12.3 Å². The summed E-state index contributed by atoms with van der Waals surface area (Å²) in [4.78, 5) is 20.7. The summed E-state index contributed by atoms with van der Waals surface area (Å²) >= 11 is 10.3. The zero-order chi connectivity index (χ0) is 16.8. The van der Waals surface area contributed by atoms with Crippen molar-refractivity contribution >= 4 is 75.4 Å². The van der Waals surface area contributed by atoms with Crippen LogP contribution < -0.4 is 0 Å². The number of nitrogens with zero attached hydrogens (tertiary/aromatic N) is 1. The smallest absolute Gasteiger partial charge is 0.214 e. The van der Waals surface area contributed by atoms with Gasteiger partial charge in [-0.3, -0.25) is 9.78 Å². The predicted octanol–water partition coefficient (Wildman–Crippen LogP) is 6.23. The van der Waals surface area contributed by atoms with Crippen LogP contribution in [0.4, 0.5) is 0 Å². The first-order valence-corrected chi connectivity index (χ1v) is 9.48. The normalized spacial score (nSPS) is 11.3. The molecule has 0 saturated carbocycles. The molecule has 6 heteroatoms. The number of fused-ring (bicyclic) bond motifs is 3. The van der Waals surface area contributed by atoms with Crippen molar-refractivity contribution in [3.63, 3.8) is 0 Å². The van der Waals surface area contributed by atoms with Crippen molar-refractivity contribution < 1.29 is 4.79 Å². The molecule has 2 aromatic carbocycles. The Morgan fingerprint density at radius 3 is 2.46 bits per heavy atom. The number of pyridine rings is 1. The number of carbonyl (C=O) groups is 1. The number of halogens is 3. The molecule has 0 spiro atoms. The number of H-pyrrole nitrogens is 1. The molecule has 0 saturated heterocycles. The molecule has 0 bridgehead atoms. The molecule has 0 amide bonds. The topological polar surface area (TPSA) is 45.8 Å². The van der Waals surface area contributed by atoms with Crippen LogP contribution >= 0.6 is 47.8 Å². The largest absolute Gasteiger partial charge is 0.353 e. The molecular formula is C18H9Br3N2O. The molecular weight excluding hydrogens is 500 g/mol. The number of rotatable bonds is 2. The van der Waals surface area contributed by atoms with E-state index in [0.717, 1.165) is 35.2 Å². The minimum Gasteiger partial charge on any atom is -0.353 e. The summed E-state index contributed by atoms with van der Waals surface area (Å²) in [5.74, 6) is -0.120. The third-order valence-corrected chi connectivity index (χ3v) is 5.52. The molecule has 118 valence electrons. The number of aromatic nitrogens is 2. The molecule has 2 heterocycles. The minimum atomic E-state index is -0.120. The van der Waals surface area contributed by atoms with Gasteiger partial charge < -0.3 is 4.98 Å². The lowest BCUT2D eigenvalue weighted by atomic mass is 10.1. The van der Waals surface area contributed by atoms with Crippen LogP contribution in [0.5, 0.6) is 0 Å². The molecule has 0 fully saturated rings. The van der Waals surface area contributed by atoms with Crippen LogP contribution in [0.15, 0.2) is 62.1 Å². The first-order valence-electron chi connectivity index (χ1n) is 7.10. The van der Waals surface area contributed by atoms with Gasteiger partial charge in [0, 0.05) is 41.5 Å².